The standard InChI is InChI=1S/C24H21ClN4O4S/c1-16-22(24(31)29(28(16)2)19-11-7-4-8-12-19)26-23(30)17-13-14-20(25)21(15-17)34(32,33)27-18-9-5-3-6-10-18/h3-15,27H,1-2H3,(H,26,30). The molecule has 0 spiro atoms. The molecular formula is C24H21ClN4O4S. The molecule has 1 aromatic heterocycles. The van der Waals surface area contributed by atoms with E-state index in [0.29, 0.717) is 17.1 Å². The lowest BCUT2D eigenvalue weighted by Crippen LogP contribution is -2.23. The topological polar surface area (TPSA) is 102 Å². The molecule has 0 saturated heterocycles. The van der Waals surface area contributed by atoms with E-state index in [-0.39, 0.29) is 21.2 Å². The molecule has 0 aliphatic heterocycles. The van der Waals surface area contributed by atoms with E-state index >= 15 is 0 Å². The number of anilines is 2. The third kappa shape index (κ3) is 4.48. The fourth-order valence-electron chi connectivity index (χ4n) is 3.46. The van der Waals surface area contributed by atoms with Crippen LogP contribution in [0.1, 0.15) is 16.1 Å². The molecule has 0 aliphatic carbocycles. The lowest BCUT2D eigenvalue weighted by atomic mass is 10.2. The van der Waals surface area contributed by atoms with Crippen molar-refractivity contribution in [3.05, 3.63) is 105 Å². The first-order valence-corrected chi connectivity index (χ1v) is 12.1. The first-order valence-electron chi connectivity index (χ1n) is 10.2. The second-order valence-electron chi connectivity index (χ2n) is 7.51. The second kappa shape index (κ2) is 9.20. The largest absolute Gasteiger partial charge is 0.316 e. The molecule has 0 bridgehead atoms. The minimum absolute atomic E-state index is 0.0340. The summed E-state index contributed by atoms with van der Waals surface area (Å²) in [7, 11) is -2.35. The number of halogens is 1. The van der Waals surface area contributed by atoms with Crippen molar-refractivity contribution in [2.45, 2.75) is 11.8 Å². The molecule has 1 amide bonds. The van der Waals surface area contributed by atoms with Gasteiger partial charge in [0.1, 0.15) is 10.6 Å². The normalized spacial score (nSPS) is 11.3. The van der Waals surface area contributed by atoms with Gasteiger partial charge in [0.15, 0.2) is 0 Å². The zero-order valence-corrected chi connectivity index (χ0v) is 19.9. The molecule has 174 valence electrons. The Morgan fingerprint density at radius 3 is 2.21 bits per heavy atom. The van der Waals surface area contributed by atoms with Crippen LogP contribution in [-0.2, 0) is 17.1 Å². The Morgan fingerprint density at radius 2 is 1.56 bits per heavy atom. The van der Waals surface area contributed by atoms with Gasteiger partial charge in [-0.3, -0.25) is 19.0 Å². The van der Waals surface area contributed by atoms with E-state index in [9.17, 15) is 18.0 Å². The average Bonchev–Trinajstić information content (AvgIpc) is 3.03. The van der Waals surface area contributed by atoms with Gasteiger partial charge in [0.2, 0.25) is 0 Å². The molecule has 0 radical (unpaired) electrons. The van der Waals surface area contributed by atoms with Gasteiger partial charge >= 0.3 is 0 Å². The Morgan fingerprint density at radius 1 is 0.941 bits per heavy atom. The number of sulfonamides is 1. The molecule has 0 saturated carbocycles. The minimum Gasteiger partial charge on any atom is -0.316 e. The highest BCUT2D eigenvalue weighted by atomic mass is 35.5. The number of hydrogen-bond acceptors (Lipinski definition) is 4. The summed E-state index contributed by atoms with van der Waals surface area (Å²) in [5.41, 5.74) is 1.26. The predicted octanol–water partition coefficient (Wildman–Crippen LogP) is 4.19. The summed E-state index contributed by atoms with van der Waals surface area (Å²) in [6.45, 7) is 1.71. The summed E-state index contributed by atoms with van der Waals surface area (Å²) in [6.07, 6.45) is 0. The fourth-order valence-corrected chi connectivity index (χ4v) is 5.05. The lowest BCUT2D eigenvalue weighted by Gasteiger charge is -2.11. The highest BCUT2D eigenvalue weighted by Crippen LogP contribution is 2.26. The van der Waals surface area contributed by atoms with Gasteiger partial charge in [-0.25, -0.2) is 13.1 Å². The molecule has 1 heterocycles. The number of para-hydroxylation sites is 2. The third-order valence-corrected chi connectivity index (χ3v) is 7.16. The van der Waals surface area contributed by atoms with Crippen LogP contribution in [0.4, 0.5) is 11.4 Å². The van der Waals surface area contributed by atoms with Crippen LogP contribution in [-0.4, -0.2) is 23.7 Å². The number of benzene rings is 3. The van der Waals surface area contributed by atoms with Crippen LogP contribution in [0.2, 0.25) is 5.02 Å². The van der Waals surface area contributed by atoms with Gasteiger partial charge in [-0.15, -0.1) is 0 Å². The number of hydrogen-bond donors (Lipinski definition) is 2. The number of aromatic nitrogens is 2. The number of carbonyl (C=O) groups is 1. The van der Waals surface area contributed by atoms with E-state index in [4.69, 9.17) is 11.6 Å². The van der Waals surface area contributed by atoms with E-state index in [0.717, 1.165) is 0 Å². The van der Waals surface area contributed by atoms with E-state index in [1.165, 1.54) is 22.9 Å². The highest BCUT2D eigenvalue weighted by Gasteiger charge is 2.23. The molecule has 8 nitrogen and oxygen atoms in total. The van der Waals surface area contributed by atoms with Crippen LogP contribution in [0.3, 0.4) is 0 Å². The lowest BCUT2D eigenvalue weighted by molar-refractivity contribution is 0.102. The summed E-state index contributed by atoms with van der Waals surface area (Å²) in [5, 5.41) is 2.58. The van der Waals surface area contributed by atoms with Crippen LogP contribution >= 0.6 is 11.6 Å². The summed E-state index contributed by atoms with van der Waals surface area (Å²) in [6, 6.07) is 21.2. The molecule has 4 aromatic rings. The molecule has 3 aromatic carbocycles. The zero-order valence-electron chi connectivity index (χ0n) is 18.3. The Hall–Kier alpha value is -3.82. The highest BCUT2D eigenvalue weighted by molar-refractivity contribution is 7.92. The fraction of sp³-hybridized carbons (Fsp3) is 0.0833. The molecule has 0 atom stereocenters. The molecule has 34 heavy (non-hydrogen) atoms. The van der Waals surface area contributed by atoms with Crippen LogP contribution in [0.15, 0.2) is 88.6 Å². The molecule has 4 rings (SSSR count). The minimum atomic E-state index is -4.06. The maximum atomic E-state index is 13.1. The van der Waals surface area contributed by atoms with E-state index in [1.807, 2.05) is 18.2 Å². The van der Waals surface area contributed by atoms with Gasteiger partial charge in [0, 0.05) is 18.3 Å². The van der Waals surface area contributed by atoms with Crippen molar-refractivity contribution in [3.8, 4) is 5.69 Å². The molecule has 0 fully saturated rings. The van der Waals surface area contributed by atoms with Crippen molar-refractivity contribution >= 4 is 38.9 Å². The Kier molecular flexibility index (Phi) is 6.32. The van der Waals surface area contributed by atoms with Crippen molar-refractivity contribution in [1.82, 2.24) is 9.36 Å². The second-order valence-corrected chi connectivity index (χ2v) is 9.57. The molecular weight excluding hydrogens is 476 g/mol. The first-order chi connectivity index (χ1) is 16.2. The number of nitrogens with zero attached hydrogens (tertiary/aromatic N) is 2. The monoisotopic (exact) mass is 496 g/mol. The van der Waals surface area contributed by atoms with Crippen molar-refractivity contribution < 1.29 is 13.2 Å². The molecule has 10 heteroatoms. The Bertz CT molecular complexity index is 1530. The SMILES string of the molecule is Cc1c(NC(=O)c2ccc(Cl)c(S(=O)(=O)Nc3ccccc3)c2)c(=O)n(-c2ccccc2)n1C. The first kappa shape index (κ1) is 23.3. The van der Waals surface area contributed by atoms with Crippen molar-refractivity contribution in [2.75, 3.05) is 10.0 Å². The van der Waals surface area contributed by atoms with Gasteiger partial charge in [-0.05, 0) is 49.4 Å². The van der Waals surface area contributed by atoms with Gasteiger partial charge in [-0.1, -0.05) is 48.0 Å². The van der Waals surface area contributed by atoms with Gasteiger partial charge < -0.3 is 5.32 Å². The quantitative estimate of drug-likeness (QED) is 0.418. The van der Waals surface area contributed by atoms with Crippen LogP contribution < -0.4 is 15.6 Å². The molecule has 0 unspecified atom stereocenters. The summed E-state index contributed by atoms with van der Waals surface area (Å²) < 4.78 is 31.3. The summed E-state index contributed by atoms with van der Waals surface area (Å²) >= 11 is 6.15. The van der Waals surface area contributed by atoms with Crippen LogP contribution in [0.25, 0.3) is 5.69 Å². The Labute approximate surface area is 201 Å². The predicted molar refractivity (Wildman–Crippen MR) is 132 cm³/mol. The van der Waals surface area contributed by atoms with Crippen LogP contribution in [0, 0.1) is 6.92 Å². The van der Waals surface area contributed by atoms with Crippen molar-refractivity contribution in [3.63, 3.8) is 0 Å². The van der Waals surface area contributed by atoms with Crippen LogP contribution in [0.5, 0.6) is 0 Å². The van der Waals surface area contributed by atoms with Crippen molar-refractivity contribution in [2.24, 2.45) is 7.05 Å². The third-order valence-electron chi connectivity index (χ3n) is 5.30. The number of carbonyl (C=O) groups excluding carboxylic acids is 1. The van der Waals surface area contributed by atoms with E-state index < -0.39 is 21.5 Å². The van der Waals surface area contributed by atoms with E-state index in [1.54, 1.807) is 61.1 Å². The summed E-state index contributed by atoms with van der Waals surface area (Å²) in [5.74, 6) is -0.640. The molecule has 0 aliphatic rings. The Balaban J connectivity index is 1.66. The molecule has 2 N–H and O–H groups in total. The van der Waals surface area contributed by atoms with Gasteiger partial charge in [0.05, 0.1) is 16.4 Å². The van der Waals surface area contributed by atoms with Gasteiger partial charge in [0.25, 0.3) is 21.5 Å². The number of amides is 1. The maximum Gasteiger partial charge on any atom is 0.295 e. The average molecular weight is 497 g/mol. The van der Waals surface area contributed by atoms with E-state index in [2.05, 4.69) is 10.0 Å². The summed E-state index contributed by atoms with van der Waals surface area (Å²) in [4.78, 5) is 25.8. The van der Waals surface area contributed by atoms with Crippen molar-refractivity contribution in [1.29, 1.82) is 0 Å². The smallest absolute Gasteiger partial charge is 0.295 e. The maximum absolute atomic E-state index is 13.1. The number of rotatable bonds is 6. The zero-order chi connectivity index (χ0) is 24.5. The van der Waals surface area contributed by atoms with Gasteiger partial charge in [-0.2, -0.15) is 0 Å². The number of nitrogens with one attached hydrogen (secondary N) is 2.